The van der Waals surface area contributed by atoms with Crippen LogP contribution < -0.4 is 0 Å². The van der Waals surface area contributed by atoms with E-state index in [1.165, 1.54) is 5.56 Å². The molecule has 1 aromatic carbocycles. The zero-order chi connectivity index (χ0) is 11.3. The van der Waals surface area contributed by atoms with Crippen molar-refractivity contribution in [3.63, 3.8) is 0 Å². The van der Waals surface area contributed by atoms with Crippen molar-refractivity contribution in [2.75, 3.05) is 0 Å². The number of rotatable bonds is 5. The first-order chi connectivity index (χ1) is 7.13. The summed E-state index contributed by atoms with van der Waals surface area (Å²) >= 11 is 0. The second-order valence-electron chi connectivity index (χ2n) is 4.64. The van der Waals surface area contributed by atoms with E-state index >= 15 is 0 Å². The first kappa shape index (κ1) is 12.3. The van der Waals surface area contributed by atoms with E-state index in [2.05, 4.69) is 45.0 Å². The molecular weight excluding hydrogens is 184 g/mol. The molecular formula is C14H22O. The quantitative estimate of drug-likeness (QED) is 0.778. The van der Waals surface area contributed by atoms with Crippen LogP contribution in [0.4, 0.5) is 0 Å². The molecule has 0 spiro atoms. The van der Waals surface area contributed by atoms with Gasteiger partial charge in [-0.15, -0.1) is 0 Å². The van der Waals surface area contributed by atoms with Crippen LogP contribution in [0.15, 0.2) is 24.3 Å². The lowest BCUT2D eigenvalue weighted by molar-refractivity contribution is 0.166. The molecule has 1 nitrogen and oxygen atoms in total. The van der Waals surface area contributed by atoms with Crippen LogP contribution in [0, 0.1) is 5.92 Å². The summed E-state index contributed by atoms with van der Waals surface area (Å²) in [5, 5.41) is 9.79. The second-order valence-corrected chi connectivity index (χ2v) is 4.64. The van der Waals surface area contributed by atoms with Gasteiger partial charge >= 0.3 is 0 Å². The Bertz CT molecular complexity index is 274. The van der Waals surface area contributed by atoms with Crippen LogP contribution in [0.1, 0.15) is 50.8 Å². The van der Waals surface area contributed by atoms with Crippen LogP contribution in [0.5, 0.6) is 0 Å². The molecule has 0 bridgehead atoms. The van der Waals surface area contributed by atoms with Gasteiger partial charge in [0.05, 0.1) is 6.10 Å². The van der Waals surface area contributed by atoms with Crippen LogP contribution in [0.3, 0.4) is 0 Å². The molecule has 0 amide bonds. The third-order valence-corrected chi connectivity index (χ3v) is 2.57. The van der Waals surface area contributed by atoms with Crippen LogP contribution in [-0.4, -0.2) is 5.11 Å². The van der Waals surface area contributed by atoms with Gasteiger partial charge in [-0.3, -0.25) is 0 Å². The minimum absolute atomic E-state index is 0.289. The Hall–Kier alpha value is -0.820. The third kappa shape index (κ3) is 4.05. The lowest BCUT2D eigenvalue weighted by Crippen LogP contribution is -1.98. The fourth-order valence-corrected chi connectivity index (χ4v) is 1.79. The van der Waals surface area contributed by atoms with E-state index in [1.807, 2.05) is 0 Å². The van der Waals surface area contributed by atoms with Gasteiger partial charge in [-0.1, -0.05) is 51.5 Å². The molecule has 0 heterocycles. The van der Waals surface area contributed by atoms with Gasteiger partial charge in [0, 0.05) is 0 Å². The van der Waals surface area contributed by atoms with E-state index in [-0.39, 0.29) is 6.10 Å². The molecule has 84 valence electrons. The molecule has 1 aromatic rings. The van der Waals surface area contributed by atoms with Crippen LogP contribution >= 0.6 is 0 Å². The number of hydrogen-bond acceptors (Lipinski definition) is 1. The Morgan fingerprint density at radius 2 is 1.73 bits per heavy atom. The average Bonchev–Trinajstić information content (AvgIpc) is 2.18. The molecule has 0 aliphatic carbocycles. The van der Waals surface area contributed by atoms with E-state index < -0.39 is 0 Å². The van der Waals surface area contributed by atoms with Crippen molar-refractivity contribution >= 4 is 0 Å². The molecule has 1 atom stereocenters. The monoisotopic (exact) mass is 206 g/mol. The van der Waals surface area contributed by atoms with Crippen molar-refractivity contribution in [2.24, 2.45) is 5.92 Å². The maximum Gasteiger partial charge on any atom is 0.0790 e. The van der Waals surface area contributed by atoms with Crippen molar-refractivity contribution in [1.82, 2.24) is 0 Å². The van der Waals surface area contributed by atoms with Gasteiger partial charge in [0.25, 0.3) is 0 Å². The van der Waals surface area contributed by atoms with Gasteiger partial charge in [0.1, 0.15) is 0 Å². The minimum atomic E-state index is -0.289. The summed E-state index contributed by atoms with van der Waals surface area (Å²) in [6.07, 6.45) is 2.70. The summed E-state index contributed by atoms with van der Waals surface area (Å²) in [5.41, 5.74) is 2.40. The second kappa shape index (κ2) is 5.92. The normalized spacial score (nSPS) is 13.1. The fraction of sp³-hybridized carbons (Fsp3) is 0.571. The van der Waals surface area contributed by atoms with Gasteiger partial charge in [-0.2, -0.15) is 0 Å². The SMILES string of the molecule is CCCC(O)c1ccc(CC(C)C)cc1. The molecule has 15 heavy (non-hydrogen) atoms. The fourth-order valence-electron chi connectivity index (χ4n) is 1.79. The number of aliphatic hydroxyl groups is 1. The van der Waals surface area contributed by atoms with Gasteiger partial charge in [0.2, 0.25) is 0 Å². The van der Waals surface area contributed by atoms with Crippen molar-refractivity contribution in [2.45, 2.75) is 46.1 Å². The van der Waals surface area contributed by atoms with Crippen LogP contribution in [0.25, 0.3) is 0 Å². The Balaban J connectivity index is 2.63. The zero-order valence-electron chi connectivity index (χ0n) is 10.0. The summed E-state index contributed by atoms with van der Waals surface area (Å²) in [6, 6.07) is 8.37. The van der Waals surface area contributed by atoms with E-state index in [1.54, 1.807) is 0 Å². The largest absolute Gasteiger partial charge is 0.388 e. The molecule has 0 aromatic heterocycles. The first-order valence-electron chi connectivity index (χ1n) is 5.90. The Kier molecular flexibility index (Phi) is 4.83. The van der Waals surface area contributed by atoms with E-state index in [9.17, 15) is 5.11 Å². The van der Waals surface area contributed by atoms with Gasteiger partial charge in [-0.05, 0) is 29.9 Å². The Morgan fingerprint density at radius 1 is 1.13 bits per heavy atom. The molecule has 0 saturated heterocycles. The molecule has 0 saturated carbocycles. The maximum absolute atomic E-state index is 9.79. The van der Waals surface area contributed by atoms with Crippen LogP contribution in [0.2, 0.25) is 0 Å². The molecule has 0 aliphatic rings. The Morgan fingerprint density at radius 3 is 2.20 bits per heavy atom. The first-order valence-corrected chi connectivity index (χ1v) is 5.90. The highest BCUT2D eigenvalue weighted by Crippen LogP contribution is 2.19. The predicted octanol–water partition coefficient (Wildman–Crippen LogP) is 3.72. The maximum atomic E-state index is 9.79. The van der Waals surface area contributed by atoms with Crippen molar-refractivity contribution in [1.29, 1.82) is 0 Å². The molecule has 1 rings (SSSR count). The van der Waals surface area contributed by atoms with Crippen molar-refractivity contribution < 1.29 is 5.11 Å². The molecule has 0 aliphatic heterocycles. The third-order valence-electron chi connectivity index (χ3n) is 2.57. The topological polar surface area (TPSA) is 20.2 Å². The summed E-state index contributed by atoms with van der Waals surface area (Å²) in [6.45, 7) is 6.54. The average molecular weight is 206 g/mol. The summed E-state index contributed by atoms with van der Waals surface area (Å²) in [5.74, 6) is 0.691. The minimum Gasteiger partial charge on any atom is -0.388 e. The Labute approximate surface area is 93.1 Å². The lowest BCUT2D eigenvalue weighted by Gasteiger charge is -2.11. The summed E-state index contributed by atoms with van der Waals surface area (Å²) < 4.78 is 0. The van der Waals surface area contributed by atoms with E-state index in [0.29, 0.717) is 5.92 Å². The molecule has 1 heteroatoms. The highest BCUT2D eigenvalue weighted by atomic mass is 16.3. The van der Waals surface area contributed by atoms with Gasteiger partial charge < -0.3 is 5.11 Å². The summed E-state index contributed by atoms with van der Waals surface area (Å²) in [4.78, 5) is 0. The van der Waals surface area contributed by atoms with E-state index in [0.717, 1.165) is 24.8 Å². The number of benzene rings is 1. The number of aliphatic hydroxyl groups excluding tert-OH is 1. The van der Waals surface area contributed by atoms with Gasteiger partial charge in [0.15, 0.2) is 0 Å². The predicted molar refractivity (Wildman–Crippen MR) is 64.9 cm³/mol. The standard InChI is InChI=1S/C14H22O/c1-4-5-14(15)13-8-6-12(7-9-13)10-11(2)3/h6-9,11,14-15H,4-5,10H2,1-3H3. The zero-order valence-corrected chi connectivity index (χ0v) is 10.0. The highest BCUT2D eigenvalue weighted by molar-refractivity contribution is 5.24. The molecule has 1 N–H and O–H groups in total. The lowest BCUT2D eigenvalue weighted by atomic mass is 9.99. The molecule has 0 radical (unpaired) electrons. The molecule has 0 fully saturated rings. The van der Waals surface area contributed by atoms with E-state index in [4.69, 9.17) is 0 Å². The van der Waals surface area contributed by atoms with Crippen molar-refractivity contribution in [3.8, 4) is 0 Å². The number of hydrogen-bond donors (Lipinski definition) is 1. The van der Waals surface area contributed by atoms with Crippen molar-refractivity contribution in [3.05, 3.63) is 35.4 Å². The highest BCUT2D eigenvalue weighted by Gasteiger charge is 2.05. The van der Waals surface area contributed by atoms with Crippen LogP contribution in [-0.2, 0) is 6.42 Å². The van der Waals surface area contributed by atoms with Gasteiger partial charge in [-0.25, -0.2) is 0 Å². The summed E-state index contributed by atoms with van der Waals surface area (Å²) in [7, 11) is 0. The molecule has 1 unspecified atom stereocenters. The smallest absolute Gasteiger partial charge is 0.0790 e.